The van der Waals surface area contributed by atoms with Crippen molar-refractivity contribution in [3.05, 3.63) is 35.5 Å². The second-order valence-electron chi connectivity index (χ2n) is 6.01. The van der Waals surface area contributed by atoms with E-state index in [1.54, 1.807) is 6.20 Å². The van der Waals surface area contributed by atoms with E-state index in [0.717, 1.165) is 44.0 Å². The molecule has 0 aliphatic carbocycles. The van der Waals surface area contributed by atoms with E-state index in [0.29, 0.717) is 5.56 Å². The molecule has 4 nitrogen and oxygen atoms in total. The van der Waals surface area contributed by atoms with Crippen molar-refractivity contribution in [2.45, 2.75) is 36.8 Å². The highest BCUT2D eigenvalue weighted by atomic mass is 32.2. The van der Waals surface area contributed by atoms with Crippen LogP contribution in [0.5, 0.6) is 0 Å². The summed E-state index contributed by atoms with van der Waals surface area (Å²) in [6.45, 7) is 4.45. The molecular formula is C17H22N2O2S. The van der Waals surface area contributed by atoms with E-state index in [2.05, 4.69) is 18.0 Å². The fourth-order valence-corrected chi connectivity index (χ4v) is 3.78. The largest absolute Gasteiger partial charge is 0.370 e. The lowest BCUT2D eigenvalue weighted by molar-refractivity contribution is -0.0522. The van der Waals surface area contributed by atoms with E-state index in [1.165, 1.54) is 17.3 Å². The van der Waals surface area contributed by atoms with Crippen LogP contribution in [0.1, 0.15) is 36.5 Å². The molecule has 0 bridgehead atoms. The van der Waals surface area contributed by atoms with Gasteiger partial charge in [-0.2, -0.15) is 0 Å². The lowest BCUT2D eigenvalue weighted by atomic mass is 9.87. The molecule has 0 saturated carbocycles. The van der Waals surface area contributed by atoms with Crippen molar-refractivity contribution in [2.24, 2.45) is 0 Å². The molecular weight excluding hydrogens is 296 g/mol. The molecule has 1 spiro atoms. The third-order valence-electron chi connectivity index (χ3n) is 4.49. The van der Waals surface area contributed by atoms with Crippen molar-refractivity contribution in [3.63, 3.8) is 0 Å². The minimum atomic E-state index is -0.142. The van der Waals surface area contributed by atoms with Crippen molar-refractivity contribution in [3.8, 4) is 0 Å². The van der Waals surface area contributed by atoms with Crippen molar-refractivity contribution in [1.29, 1.82) is 0 Å². The number of likely N-dealkylation sites (tertiary alicyclic amines) is 1. The molecule has 1 aromatic heterocycles. The molecule has 3 heterocycles. The molecule has 2 aliphatic heterocycles. The molecule has 0 radical (unpaired) electrons. The van der Waals surface area contributed by atoms with E-state index >= 15 is 0 Å². The second-order valence-corrected chi connectivity index (χ2v) is 6.80. The Labute approximate surface area is 135 Å². The van der Waals surface area contributed by atoms with Crippen molar-refractivity contribution in [1.82, 2.24) is 9.88 Å². The molecule has 1 amide bonds. The van der Waals surface area contributed by atoms with Gasteiger partial charge in [-0.1, -0.05) is 11.6 Å². The van der Waals surface area contributed by atoms with Gasteiger partial charge < -0.3 is 9.64 Å². The number of nitrogens with zero attached hydrogens (tertiary/aromatic N) is 2. The molecule has 5 heteroatoms. The van der Waals surface area contributed by atoms with Gasteiger partial charge in [0.05, 0.1) is 17.8 Å². The van der Waals surface area contributed by atoms with Gasteiger partial charge in [0.1, 0.15) is 5.03 Å². The average molecular weight is 318 g/mol. The molecule has 0 N–H and O–H groups in total. The maximum absolute atomic E-state index is 12.7. The van der Waals surface area contributed by atoms with Gasteiger partial charge in [-0.05, 0) is 44.6 Å². The Morgan fingerprint density at radius 2 is 2.18 bits per heavy atom. The van der Waals surface area contributed by atoms with E-state index in [9.17, 15) is 4.79 Å². The third-order valence-corrected chi connectivity index (χ3v) is 5.20. The molecule has 0 unspecified atom stereocenters. The summed E-state index contributed by atoms with van der Waals surface area (Å²) in [5.74, 6) is 0.0869. The van der Waals surface area contributed by atoms with Crippen LogP contribution in [0, 0.1) is 0 Å². The number of piperidine rings is 1. The number of amides is 1. The first kappa shape index (κ1) is 15.6. The number of carbonyl (C=O) groups excluding carboxylic acids is 1. The molecule has 3 rings (SSSR count). The van der Waals surface area contributed by atoms with Crippen LogP contribution in [0.3, 0.4) is 0 Å². The fraction of sp³-hybridized carbons (Fsp3) is 0.529. The topological polar surface area (TPSA) is 42.4 Å². The Bertz CT molecular complexity index is 592. The number of ether oxygens (including phenoxy) is 1. The minimum absolute atomic E-state index is 0.0869. The van der Waals surface area contributed by atoms with Gasteiger partial charge in [-0.25, -0.2) is 4.98 Å². The second kappa shape index (κ2) is 6.42. The quantitative estimate of drug-likeness (QED) is 0.620. The Hall–Kier alpha value is -1.33. The summed E-state index contributed by atoms with van der Waals surface area (Å²) in [4.78, 5) is 19.0. The van der Waals surface area contributed by atoms with E-state index in [1.807, 2.05) is 23.3 Å². The number of carbonyl (C=O) groups is 1. The van der Waals surface area contributed by atoms with Gasteiger partial charge in [0.15, 0.2) is 0 Å². The number of thioether (sulfide) groups is 1. The maximum Gasteiger partial charge on any atom is 0.256 e. The molecule has 22 heavy (non-hydrogen) atoms. The zero-order valence-electron chi connectivity index (χ0n) is 13.2. The van der Waals surface area contributed by atoms with Crippen LogP contribution in [-0.4, -0.2) is 47.3 Å². The number of pyridine rings is 1. The number of hydrogen-bond donors (Lipinski definition) is 0. The monoisotopic (exact) mass is 318 g/mol. The first-order valence-electron chi connectivity index (χ1n) is 7.74. The van der Waals surface area contributed by atoms with Crippen LogP contribution >= 0.6 is 11.8 Å². The van der Waals surface area contributed by atoms with Crippen LogP contribution in [0.25, 0.3) is 0 Å². The van der Waals surface area contributed by atoms with Crippen LogP contribution in [0.2, 0.25) is 0 Å². The molecule has 118 valence electrons. The van der Waals surface area contributed by atoms with Crippen molar-refractivity contribution in [2.75, 3.05) is 26.0 Å². The molecule has 1 fully saturated rings. The van der Waals surface area contributed by atoms with Crippen LogP contribution in [-0.2, 0) is 4.74 Å². The maximum atomic E-state index is 12.7. The standard InChI is InChI=1S/C17H22N2O2S/c1-13-5-11-21-17(12-13)6-9-19(10-7-17)16(20)14-4-3-8-18-15(14)22-2/h3-4,8,12H,5-7,9-11H2,1-2H3. The fourth-order valence-electron chi connectivity index (χ4n) is 3.24. The molecule has 1 saturated heterocycles. The van der Waals surface area contributed by atoms with E-state index < -0.39 is 0 Å². The van der Waals surface area contributed by atoms with Gasteiger partial charge in [-0.15, -0.1) is 11.8 Å². The third kappa shape index (κ3) is 3.06. The molecule has 0 atom stereocenters. The number of hydrogen-bond acceptors (Lipinski definition) is 4. The van der Waals surface area contributed by atoms with Crippen LogP contribution in [0.4, 0.5) is 0 Å². The predicted octanol–water partition coefficient (Wildman–Crippen LogP) is 3.14. The summed E-state index contributed by atoms with van der Waals surface area (Å²) in [7, 11) is 0. The zero-order valence-corrected chi connectivity index (χ0v) is 14.0. The van der Waals surface area contributed by atoms with Gasteiger partial charge in [0.25, 0.3) is 5.91 Å². The van der Waals surface area contributed by atoms with Gasteiger partial charge >= 0.3 is 0 Å². The van der Waals surface area contributed by atoms with E-state index in [-0.39, 0.29) is 11.5 Å². The Morgan fingerprint density at radius 3 is 2.86 bits per heavy atom. The lowest BCUT2D eigenvalue weighted by Crippen LogP contribution is -2.48. The Kier molecular flexibility index (Phi) is 4.54. The van der Waals surface area contributed by atoms with Crippen molar-refractivity contribution >= 4 is 17.7 Å². The first-order chi connectivity index (χ1) is 10.6. The average Bonchev–Trinajstić information content (AvgIpc) is 2.55. The van der Waals surface area contributed by atoms with Crippen LogP contribution in [0.15, 0.2) is 35.0 Å². The highest BCUT2D eigenvalue weighted by Gasteiger charge is 2.37. The first-order valence-corrected chi connectivity index (χ1v) is 8.97. The molecule has 0 aromatic carbocycles. The van der Waals surface area contributed by atoms with Gasteiger partial charge in [-0.3, -0.25) is 4.79 Å². The highest BCUT2D eigenvalue weighted by Crippen LogP contribution is 2.33. The minimum Gasteiger partial charge on any atom is -0.370 e. The highest BCUT2D eigenvalue weighted by molar-refractivity contribution is 7.98. The summed E-state index contributed by atoms with van der Waals surface area (Å²) >= 11 is 1.52. The summed E-state index contributed by atoms with van der Waals surface area (Å²) in [6, 6.07) is 3.70. The number of rotatable bonds is 2. The smallest absolute Gasteiger partial charge is 0.256 e. The molecule has 1 aromatic rings. The Balaban J connectivity index is 1.71. The van der Waals surface area contributed by atoms with E-state index in [4.69, 9.17) is 4.74 Å². The van der Waals surface area contributed by atoms with Crippen molar-refractivity contribution < 1.29 is 9.53 Å². The zero-order chi connectivity index (χ0) is 15.6. The predicted molar refractivity (Wildman–Crippen MR) is 88.2 cm³/mol. The summed E-state index contributed by atoms with van der Waals surface area (Å²) < 4.78 is 6.02. The summed E-state index contributed by atoms with van der Waals surface area (Å²) in [6.07, 6.45) is 8.74. The van der Waals surface area contributed by atoms with Gasteiger partial charge in [0, 0.05) is 19.3 Å². The molecule has 2 aliphatic rings. The van der Waals surface area contributed by atoms with Gasteiger partial charge in [0.2, 0.25) is 0 Å². The number of aromatic nitrogens is 1. The lowest BCUT2D eigenvalue weighted by Gasteiger charge is -2.42. The Morgan fingerprint density at radius 1 is 1.41 bits per heavy atom. The SMILES string of the molecule is CSc1ncccc1C(=O)N1CCC2(C=C(C)CCO2)CC1. The summed E-state index contributed by atoms with van der Waals surface area (Å²) in [5, 5.41) is 0.803. The summed E-state index contributed by atoms with van der Waals surface area (Å²) in [5.41, 5.74) is 1.97. The van der Waals surface area contributed by atoms with Crippen LogP contribution < -0.4 is 0 Å². The normalized spacial score (nSPS) is 20.8.